The van der Waals surface area contributed by atoms with Gasteiger partial charge < -0.3 is 19.6 Å². The van der Waals surface area contributed by atoms with Gasteiger partial charge in [-0.1, -0.05) is 43.7 Å². The van der Waals surface area contributed by atoms with Crippen molar-refractivity contribution in [2.45, 2.75) is 95.1 Å². The lowest BCUT2D eigenvalue weighted by Gasteiger charge is -2.29. The van der Waals surface area contributed by atoms with E-state index in [4.69, 9.17) is 26.3 Å². The van der Waals surface area contributed by atoms with Crippen molar-refractivity contribution in [3.8, 4) is 16.5 Å². The summed E-state index contributed by atoms with van der Waals surface area (Å²) < 4.78 is 34.5. The first-order valence-electron chi connectivity index (χ1n) is 17.9. The molecule has 1 saturated heterocycles. The van der Waals surface area contributed by atoms with E-state index in [9.17, 15) is 27.9 Å². The number of pyridine rings is 1. The zero-order chi connectivity index (χ0) is 36.9. The zero-order valence-electron chi connectivity index (χ0n) is 29.5. The fraction of sp³-hybridized carbons (Fsp3) is 0.541. The van der Waals surface area contributed by atoms with Crippen LogP contribution in [-0.4, -0.2) is 88.5 Å². The van der Waals surface area contributed by atoms with Gasteiger partial charge in [0.15, 0.2) is 0 Å². The predicted molar refractivity (Wildman–Crippen MR) is 198 cm³/mol. The molecule has 0 radical (unpaired) electrons. The van der Waals surface area contributed by atoms with Crippen LogP contribution in [-0.2, 0) is 31.0 Å². The number of likely N-dealkylation sites (N-methyl/N-ethyl adjacent to an activating group) is 1. The average Bonchev–Trinajstić information content (AvgIpc) is 3.98. The van der Waals surface area contributed by atoms with Crippen LogP contribution in [0.1, 0.15) is 82.4 Å². The molecule has 0 bridgehead atoms. The summed E-state index contributed by atoms with van der Waals surface area (Å²) in [6, 6.07) is 4.46. The minimum absolute atomic E-state index is 0.0814. The molecule has 0 spiro atoms. The predicted octanol–water partition coefficient (Wildman–Crippen LogP) is 5.18. The number of hydrogen-bond acceptors (Lipinski definition) is 10. The molecule has 52 heavy (non-hydrogen) atoms. The highest BCUT2D eigenvalue weighted by molar-refractivity contribution is 7.90. The van der Waals surface area contributed by atoms with Gasteiger partial charge in [0.25, 0.3) is 0 Å². The van der Waals surface area contributed by atoms with E-state index in [1.54, 1.807) is 30.1 Å². The average molecular weight is 770 g/mol. The van der Waals surface area contributed by atoms with Gasteiger partial charge in [0, 0.05) is 43.3 Å². The summed E-state index contributed by atoms with van der Waals surface area (Å²) in [5.74, 6) is -0.880. The number of aliphatic hydroxyl groups is 1. The van der Waals surface area contributed by atoms with Crippen molar-refractivity contribution in [1.82, 2.24) is 24.5 Å². The van der Waals surface area contributed by atoms with Crippen LogP contribution in [0.25, 0.3) is 21.6 Å². The number of benzene rings is 1. The molecule has 7 rings (SSSR count). The molecule has 1 aromatic carbocycles. The lowest BCUT2D eigenvalue weighted by atomic mass is 9.96. The second-order valence-corrected chi connectivity index (χ2v) is 18.1. The van der Waals surface area contributed by atoms with Crippen molar-refractivity contribution in [2.75, 3.05) is 20.1 Å². The van der Waals surface area contributed by atoms with Crippen LogP contribution in [0, 0.1) is 11.3 Å². The SMILES string of the molecule is CC(C)c1csc(-c2cc(O[C@H]3C[C@H]4C(=O)N(C)CCCC/C=C\[C@@H]5C[C@@]5(C(=O)NS(=O)(=O)C5CC5)CC(=O)N4C3)c3ccc(CO)c(Cl)c3n2)n1. The molecule has 2 N–H and O–H groups in total. The number of aliphatic hydroxyl groups excluding tert-OH is 1. The maximum absolute atomic E-state index is 14.3. The van der Waals surface area contributed by atoms with E-state index in [0.29, 0.717) is 63.7 Å². The number of carbonyl (C=O) groups is 3. The van der Waals surface area contributed by atoms with Gasteiger partial charge in [-0.05, 0) is 62.0 Å². The van der Waals surface area contributed by atoms with Crippen LogP contribution in [0.3, 0.4) is 0 Å². The van der Waals surface area contributed by atoms with E-state index < -0.39 is 44.6 Å². The van der Waals surface area contributed by atoms with E-state index in [0.717, 1.165) is 25.0 Å². The quantitative estimate of drug-likeness (QED) is 0.295. The van der Waals surface area contributed by atoms with Gasteiger partial charge in [-0.3, -0.25) is 19.1 Å². The summed E-state index contributed by atoms with van der Waals surface area (Å²) >= 11 is 8.21. The van der Waals surface area contributed by atoms with E-state index in [1.165, 1.54) is 16.2 Å². The number of carbonyl (C=O) groups excluding carboxylic acids is 3. The molecule has 4 aliphatic rings. The number of thiazole rings is 1. The molecule has 278 valence electrons. The van der Waals surface area contributed by atoms with Crippen LogP contribution in [0.15, 0.2) is 35.7 Å². The minimum atomic E-state index is -3.82. The van der Waals surface area contributed by atoms with E-state index in [2.05, 4.69) is 18.6 Å². The molecule has 3 amide bonds. The smallest absolute Gasteiger partial charge is 0.245 e. The number of hydrogen-bond donors (Lipinski definition) is 2. The highest BCUT2D eigenvalue weighted by Gasteiger charge is 2.61. The second-order valence-electron chi connectivity index (χ2n) is 14.9. The van der Waals surface area contributed by atoms with E-state index >= 15 is 0 Å². The highest BCUT2D eigenvalue weighted by atomic mass is 35.5. The van der Waals surface area contributed by atoms with Gasteiger partial charge in [-0.15, -0.1) is 11.3 Å². The Balaban J connectivity index is 1.21. The van der Waals surface area contributed by atoms with Crippen LogP contribution < -0.4 is 9.46 Å². The largest absolute Gasteiger partial charge is 0.488 e. The summed E-state index contributed by atoms with van der Waals surface area (Å²) in [5.41, 5.74) is 1.21. The van der Waals surface area contributed by atoms with Crippen molar-refractivity contribution < 1.29 is 32.6 Å². The van der Waals surface area contributed by atoms with E-state index in [-0.39, 0.29) is 43.7 Å². The fourth-order valence-electron chi connectivity index (χ4n) is 7.27. The number of amides is 3. The number of ether oxygens (including phenoxy) is 1. The minimum Gasteiger partial charge on any atom is -0.488 e. The Labute approximate surface area is 312 Å². The summed E-state index contributed by atoms with van der Waals surface area (Å²) in [6.07, 6.45) is 7.05. The van der Waals surface area contributed by atoms with Gasteiger partial charge >= 0.3 is 0 Å². The van der Waals surface area contributed by atoms with Gasteiger partial charge in [-0.25, -0.2) is 18.4 Å². The van der Waals surface area contributed by atoms with Gasteiger partial charge in [0.2, 0.25) is 27.7 Å². The Morgan fingerprint density at radius 3 is 2.71 bits per heavy atom. The highest BCUT2D eigenvalue weighted by Crippen LogP contribution is 2.57. The summed E-state index contributed by atoms with van der Waals surface area (Å²) in [7, 11) is -2.08. The molecule has 4 heterocycles. The van der Waals surface area contributed by atoms with Crippen LogP contribution in [0.5, 0.6) is 5.75 Å². The number of halogens is 1. The lowest BCUT2D eigenvalue weighted by molar-refractivity contribution is -0.144. The first kappa shape index (κ1) is 36.8. The number of allylic oxidation sites excluding steroid dienone is 2. The monoisotopic (exact) mass is 769 g/mol. The number of rotatable bonds is 8. The van der Waals surface area contributed by atoms with Crippen molar-refractivity contribution in [2.24, 2.45) is 11.3 Å². The molecular formula is C37H44ClN5O7S2. The number of fused-ring (bicyclic) bond motifs is 3. The molecular weight excluding hydrogens is 726 g/mol. The molecule has 2 saturated carbocycles. The molecule has 2 aliphatic carbocycles. The Morgan fingerprint density at radius 2 is 2.00 bits per heavy atom. The number of nitrogens with zero attached hydrogens (tertiary/aromatic N) is 4. The molecule has 4 atom stereocenters. The zero-order valence-corrected chi connectivity index (χ0v) is 31.9. The summed E-state index contributed by atoms with van der Waals surface area (Å²) in [4.78, 5) is 54.7. The third-order valence-corrected chi connectivity index (χ3v) is 13.9. The topological polar surface area (TPSA) is 159 Å². The fourth-order valence-corrected chi connectivity index (χ4v) is 9.86. The normalized spacial score (nSPS) is 26.2. The standard InChI is InChI=1S/C37H44ClN5O7S2/c1-21(2)28-20-51-34(40-28)27-15-30(26-12-9-22(19-44)32(38)33(26)39-27)50-24-14-29-35(46)42(3)13-7-5-4-6-8-23-16-37(23,17-31(45)43(29)18-24)36(47)41-52(48,49)25-10-11-25/h6,8-9,12,15,20-21,23-25,29,44H,4-5,7,10-11,13-14,16-19H2,1-3H3,(H,41,47)/b8-6-/t23-,24+,29+,37-/m1/s1. The third-order valence-electron chi connectivity index (χ3n) is 10.7. The van der Waals surface area contributed by atoms with Gasteiger partial charge in [0.05, 0.1) is 40.0 Å². The third kappa shape index (κ3) is 7.19. The Kier molecular flexibility index (Phi) is 10.1. The number of aromatic nitrogens is 2. The Hall–Kier alpha value is -3.59. The lowest BCUT2D eigenvalue weighted by Crippen LogP contribution is -2.48. The summed E-state index contributed by atoms with van der Waals surface area (Å²) in [6.45, 7) is 4.46. The molecule has 12 nitrogen and oxygen atoms in total. The van der Waals surface area contributed by atoms with Crippen molar-refractivity contribution >= 4 is 61.6 Å². The van der Waals surface area contributed by atoms with Gasteiger partial charge in [0.1, 0.15) is 28.6 Å². The molecule has 0 unspecified atom stereocenters. The number of sulfonamides is 1. The summed E-state index contributed by atoms with van der Waals surface area (Å²) in [5, 5.41) is 12.9. The Bertz CT molecular complexity index is 2050. The number of nitrogens with one attached hydrogen (secondary N) is 1. The first-order chi connectivity index (χ1) is 24.8. The van der Waals surface area contributed by atoms with Crippen molar-refractivity contribution in [1.29, 1.82) is 0 Å². The van der Waals surface area contributed by atoms with Crippen LogP contribution in [0.2, 0.25) is 5.02 Å². The van der Waals surface area contributed by atoms with Crippen molar-refractivity contribution in [3.63, 3.8) is 0 Å². The van der Waals surface area contributed by atoms with Crippen LogP contribution >= 0.6 is 22.9 Å². The molecule has 3 fully saturated rings. The van der Waals surface area contributed by atoms with Crippen molar-refractivity contribution in [3.05, 3.63) is 52.0 Å². The maximum Gasteiger partial charge on any atom is 0.245 e. The maximum atomic E-state index is 14.3. The van der Waals surface area contributed by atoms with E-state index in [1.807, 2.05) is 17.5 Å². The Morgan fingerprint density at radius 1 is 1.21 bits per heavy atom. The second kappa shape index (κ2) is 14.3. The van der Waals surface area contributed by atoms with Gasteiger partial charge in [-0.2, -0.15) is 0 Å². The first-order valence-corrected chi connectivity index (χ1v) is 20.7. The molecule has 3 aromatic rings. The molecule has 15 heteroatoms. The van der Waals surface area contributed by atoms with Crippen LogP contribution in [0.4, 0.5) is 0 Å². The molecule has 2 aromatic heterocycles. The molecule has 2 aliphatic heterocycles.